The van der Waals surface area contributed by atoms with Gasteiger partial charge in [-0.3, -0.25) is 19.4 Å². The topological polar surface area (TPSA) is 94.6 Å². The average molecular weight is 434 g/mol. The third-order valence-corrected chi connectivity index (χ3v) is 5.35. The molecule has 1 amide bonds. The predicted molar refractivity (Wildman–Crippen MR) is 118 cm³/mol. The number of hydrogen-bond acceptors (Lipinski definition) is 6. The molecule has 1 heterocycles. The van der Waals surface area contributed by atoms with Crippen LogP contribution in [0.1, 0.15) is 30.0 Å². The molecule has 1 aromatic carbocycles. The van der Waals surface area contributed by atoms with Crippen LogP contribution in [-0.2, 0) is 43.2 Å². The average Bonchev–Trinajstić information content (AvgIpc) is 2.82. The lowest BCUT2D eigenvalue weighted by Crippen LogP contribution is -2.26. The van der Waals surface area contributed by atoms with Gasteiger partial charge in [-0.1, -0.05) is 30.3 Å². The number of nitrogens with one attached hydrogen (secondary N) is 1. The molecule has 7 nitrogen and oxygen atoms in total. The second-order valence-corrected chi connectivity index (χ2v) is 7.46. The SMILES string of the molecule is COC1=C(OC)C(=O)C(Cc2ccc(CCC(=O)NCc3cccnc3)cc2)=C(C)C1=O. The Kier molecular flexibility index (Phi) is 7.54. The highest BCUT2D eigenvalue weighted by Gasteiger charge is 2.34. The maximum absolute atomic E-state index is 12.8. The van der Waals surface area contributed by atoms with Crippen LogP contribution in [0.5, 0.6) is 0 Å². The Labute approximate surface area is 187 Å². The molecule has 7 heteroatoms. The number of benzene rings is 1. The molecule has 0 bridgehead atoms. The molecular weight excluding hydrogens is 408 g/mol. The van der Waals surface area contributed by atoms with Gasteiger partial charge in [-0.05, 0) is 36.1 Å². The van der Waals surface area contributed by atoms with Gasteiger partial charge in [0.05, 0.1) is 14.2 Å². The van der Waals surface area contributed by atoms with E-state index in [9.17, 15) is 14.4 Å². The number of Topliss-reactive ketones (excluding diaryl/α,β-unsaturated/α-hetero) is 2. The minimum Gasteiger partial charge on any atom is -0.489 e. The molecule has 0 aliphatic heterocycles. The number of nitrogens with zero attached hydrogens (tertiary/aromatic N) is 1. The normalized spacial score (nSPS) is 14.0. The zero-order valence-electron chi connectivity index (χ0n) is 18.4. The van der Waals surface area contributed by atoms with Gasteiger partial charge in [0.25, 0.3) is 0 Å². The summed E-state index contributed by atoms with van der Waals surface area (Å²) in [6.45, 7) is 2.08. The van der Waals surface area contributed by atoms with Gasteiger partial charge < -0.3 is 14.8 Å². The zero-order valence-corrected chi connectivity index (χ0v) is 18.4. The van der Waals surface area contributed by atoms with Gasteiger partial charge in [-0.25, -0.2) is 0 Å². The fourth-order valence-corrected chi connectivity index (χ4v) is 3.48. The highest BCUT2D eigenvalue weighted by Crippen LogP contribution is 2.28. The summed E-state index contributed by atoms with van der Waals surface area (Å²) in [5, 5.41) is 2.89. The van der Waals surface area contributed by atoms with Crippen molar-refractivity contribution in [2.75, 3.05) is 14.2 Å². The molecule has 0 fully saturated rings. The lowest BCUT2D eigenvalue weighted by molar-refractivity contribution is -0.121. The van der Waals surface area contributed by atoms with Crippen LogP contribution in [0.25, 0.3) is 0 Å². The summed E-state index contributed by atoms with van der Waals surface area (Å²) in [6, 6.07) is 11.4. The number of rotatable bonds is 9. The Morgan fingerprint density at radius 1 is 0.938 bits per heavy atom. The van der Waals surface area contributed by atoms with Crippen LogP contribution in [0.4, 0.5) is 0 Å². The van der Waals surface area contributed by atoms with Gasteiger partial charge in [0.15, 0.2) is 0 Å². The summed E-state index contributed by atoms with van der Waals surface area (Å²) >= 11 is 0. The van der Waals surface area contributed by atoms with E-state index in [0.717, 1.165) is 16.7 Å². The Morgan fingerprint density at radius 3 is 2.22 bits per heavy atom. The van der Waals surface area contributed by atoms with E-state index in [0.29, 0.717) is 37.0 Å². The fraction of sp³-hybridized carbons (Fsp3) is 0.280. The minimum absolute atomic E-state index is 0.0298. The summed E-state index contributed by atoms with van der Waals surface area (Å²) in [5.74, 6) is -0.829. The monoisotopic (exact) mass is 434 g/mol. The molecule has 0 spiro atoms. The van der Waals surface area contributed by atoms with E-state index in [1.165, 1.54) is 14.2 Å². The van der Waals surface area contributed by atoms with Gasteiger partial charge in [-0.15, -0.1) is 0 Å². The molecule has 3 rings (SSSR count). The minimum atomic E-state index is -0.340. The molecule has 0 atom stereocenters. The number of aromatic nitrogens is 1. The number of ketones is 2. The highest BCUT2D eigenvalue weighted by molar-refractivity contribution is 6.23. The van der Waals surface area contributed by atoms with Crippen molar-refractivity contribution in [3.63, 3.8) is 0 Å². The molecule has 166 valence electrons. The van der Waals surface area contributed by atoms with E-state index < -0.39 is 0 Å². The van der Waals surface area contributed by atoms with Gasteiger partial charge in [0.2, 0.25) is 29.0 Å². The molecule has 0 radical (unpaired) electrons. The molecule has 0 saturated heterocycles. The molecule has 2 aromatic rings. The number of pyridine rings is 1. The second-order valence-electron chi connectivity index (χ2n) is 7.46. The maximum Gasteiger partial charge on any atom is 0.228 e. The lowest BCUT2D eigenvalue weighted by atomic mass is 9.88. The van der Waals surface area contributed by atoms with Gasteiger partial charge in [0, 0.05) is 42.9 Å². The summed E-state index contributed by atoms with van der Waals surface area (Å²) in [4.78, 5) is 41.4. The first-order valence-electron chi connectivity index (χ1n) is 10.3. The molecular formula is C25H26N2O5. The van der Waals surface area contributed by atoms with E-state index in [-0.39, 0.29) is 29.0 Å². The van der Waals surface area contributed by atoms with Gasteiger partial charge in [0.1, 0.15) is 0 Å². The van der Waals surface area contributed by atoms with Gasteiger partial charge in [-0.2, -0.15) is 0 Å². The third-order valence-electron chi connectivity index (χ3n) is 5.35. The number of amides is 1. The molecule has 32 heavy (non-hydrogen) atoms. The number of carbonyl (C=O) groups is 3. The van der Waals surface area contributed by atoms with Crippen LogP contribution in [0.15, 0.2) is 71.5 Å². The van der Waals surface area contributed by atoms with Crippen LogP contribution >= 0.6 is 0 Å². The molecule has 1 N–H and O–H groups in total. The molecule has 1 aromatic heterocycles. The fourth-order valence-electron chi connectivity index (χ4n) is 3.48. The van der Waals surface area contributed by atoms with Crippen molar-refractivity contribution in [3.05, 3.63) is 88.1 Å². The van der Waals surface area contributed by atoms with E-state index in [1.54, 1.807) is 19.3 Å². The molecule has 0 unspecified atom stereocenters. The van der Waals surface area contributed by atoms with Crippen LogP contribution in [0.3, 0.4) is 0 Å². The third kappa shape index (κ3) is 5.29. The lowest BCUT2D eigenvalue weighted by Gasteiger charge is -2.20. The van der Waals surface area contributed by atoms with E-state index >= 15 is 0 Å². The van der Waals surface area contributed by atoms with E-state index in [4.69, 9.17) is 9.47 Å². The summed E-state index contributed by atoms with van der Waals surface area (Å²) in [7, 11) is 2.69. The number of methoxy groups -OCH3 is 2. The largest absolute Gasteiger partial charge is 0.489 e. The van der Waals surface area contributed by atoms with Crippen LogP contribution in [-0.4, -0.2) is 36.7 Å². The van der Waals surface area contributed by atoms with Crippen molar-refractivity contribution in [3.8, 4) is 0 Å². The van der Waals surface area contributed by atoms with Crippen molar-refractivity contribution in [1.82, 2.24) is 10.3 Å². The van der Waals surface area contributed by atoms with Gasteiger partial charge >= 0.3 is 0 Å². The molecule has 1 aliphatic carbocycles. The van der Waals surface area contributed by atoms with Crippen molar-refractivity contribution in [1.29, 1.82) is 0 Å². The maximum atomic E-state index is 12.8. The molecule has 1 aliphatic rings. The summed E-state index contributed by atoms with van der Waals surface area (Å²) in [6.07, 6.45) is 4.71. The Morgan fingerprint density at radius 2 is 1.59 bits per heavy atom. The van der Waals surface area contributed by atoms with Crippen molar-refractivity contribution < 1.29 is 23.9 Å². The quantitative estimate of drug-likeness (QED) is 0.610. The Bertz CT molecular complexity index is 1070. The number of ether oxygens (including phenoxy) is 2. The smallest absolute Gasteiger partial charge is 0.228 e. The highest BCUT2D eigenvalue weighted by atomic mass is 16.5. The summed E-state index contributed by atoms with van der Waals surface area (Å²) in [5.41, 5.74) is 3.62. The van der Waals surface area contributed by atoms with Crippen molar-refractivity contribution in [2.24, 2.45) is 0 Å². The van der Waals surface area contributed by atoms with Crippen LogP contribution < -0.4 is 5.32 Å². The predicted octanol–water partition coefficient (Wildman–Crippen LogP) is 2.85. The van der Waals surface area contributed by atoms with Crippen molar-refractivity contribution >= 4 is 17.5 Å². The standard InChI is InChI=1S/C25H26N2O5/c1-16-20(23(30)25(32-3)24(31-2)22(16)29)13-18-8-6-17(7-9-18)10-11-21(28)27-15-19-5-4-12-26-14-19/h4-9,12,14H,10-11,13,15H2,1-3H3,(H,27,28). The number of hydrogen-bond donors (Lipinski definition) is 1. The molecule has 0 saturated carbocycles. The van der Waals surface area contributed by atoms with E-state index in [2.05, 4.69) is 10.3 Å². The first-order chi connectivity index (χ1) is 15.4. The van der Waals surface area contributed by atoms with E-state index in [1.807, 2.05) is 36.4 Å². The first-order valence-corrected chi connectivity index (χ1v) is 10.3. The van der Waals surface area contributed by atoms with Crippen LogP contribution in [0.2, 0.25) is 0 Å². The Hall–Kier alpha value is -3.74. The Balaban J connectivity index is 1.58. The summed E-state index contributed by atoms with van der Waals surface area (Å²) < 4.78 is 10.2. The number of carbonyl (C=O) groups excluding carboxylic acids is 3. The number of aryl methyl sites for hydroxylation is 1. The second kappa shape index (κ2) is 10.5. The zero-order chi connectivity index (χ0) is 23.1. The van der Waals surface area contributed by atoms with Crippen LogP contribution in [0, 0.1) is 0 Å². The van der Waals surface area contributed by atoms with Crippen molar-refractivity contribution in [2.45, 2.75) is 32.7 Å². The first kappa shape index (κ1) is 22.9. The number of allylic oxidation sites excluding steroid dienone is 2.